The molecule has 0 radical (unpaired) electrons. The Morgan fingerprint density at radius 2 is 2.44 bits per heavy atom. The molecule has 52 valence electrons. The second kappa shape index (κ2) is 3.23. The maximum absolute atomic E-state index is 9.14. The second-order valence-electron chi connectivity index (χ2n) is 2.85. The van der Waals surface area contributed by atoms with Crippen LogP contribution in [0.5, 0.6) is 0 Å². The van der Waals surface area contributed by atoms with Gasteiger partial charge < -0.3 is 10.3 Å². The molecule has 1 fully saturated rings. The summed E-state index contributed by atoms with van der Waals surface area (Å²) in [6.45, 7) is 3.87. The van der Waals surface area contributed by atoms with Gasteiger partial charge in [-0.1, -0.05) is 13.2 Å². The molecule has 0 amide bonds. The zero-order valence-corrected chi connectivity index (χ0v) is 5.93. The lowest BCUT2D eigenvalue weighted by molar-refractivity contribution is 0.465. The minimum absolute atomic E-state index is 0.127. The highest BCUT2D eigenvalue weighted by Gasteiger charge is 2.20. The molecule has 0 bridgehead atoms. The molecular formula is C6H14BNO. The van der Waals surface area contributed by atoms with Gasteiger partial charge >= 0.3 is 0 Å². The van der Waals surface area contributed by atoms with Crippen molar-refractivity contribution < 1.29 is 5.02 Å². The predicted octanol–water partition coefficient (Wildman–Crippen LogP) is 0.354. The van der Waals surface area contributed by atoms with Crippen LogP contribution in [0.15, 0.2) is 0 Å². The summed E-state index contributed by atoms with van der Waals surface area (Å²) in [7, 11) is 0. The number of hydrogen-bond donors (Lipinski definition) is 2. The molecule has 0 spiro atoms. The quantitative estimate of drug-likeness (QED) is 0.498. The lowest BCUT2D eigenvalue weighted by Crippen LogP contribution is -2.33. The summed E-state index contributed by atoms with van der Waals surface area (Å²) in [6.07, 6.45) is 2.40. The third-order valence-corrected chi connectivity index (χ3v) is 2.02. The average molecular weight is 127 g/mol. The van der Waals surface area contributed by atoms with E-state index in [1.54, 1.807) is 0 Å². The van der Waals surface area contributed by atoms with E-state index in [-0.39, 0.29) is 6.92 Å². The maximum atomic E-state index is 9.14. The van der Waals surface area contributed by atoms with Crippen molar-refractivity contribution >= 4 is 6.92 Å². The fraction of sp³-hybridized carbons (Fsp3) is 1.00. The standard InChI is InChI=1S/C6H14BNO/c1-7(9)6-3-2-4-8-5-6/h6,8-9H,2-5H2,1H3. The van der Waals surface area contributed by atoms with Crippen LogP contribution in [0.25, 0.3) is 0 Å². The molecule has 0 aromatic carbocycles. The molecule has 2 N–H and O–H groups in total. The number of rotatable bonds is 1. The third kappa shape index (κ3) is 1.99. The van der Waals surface area contributed by atoms with Crippen LogP contribution in [-0.4, -0.2) is 25.0 Å². The Kier molecular flexibility index (Phi) is 2.55. The fourth-order valence-corrected chi connectivity index (χ4v) is 1.29. The van der Waals surface area contributed by atoms with Gasteiger partial charge in [0.2, 0.25) is 0 Å². The Hall–Kier alpha value is -0.0151. The zero-order chi connectivity index (χ0) is 6.69. The van der Waals surface area contributed by atoms with E-state index in [0.717, 1.165) is 13.1 Å². The molecule has 1 saturated heterocycles. The van der Waals surface area contributed by atoms with Crippen molar-refractivity contribution in [2.45, 2.75) is 25.5 Å². The minimum atomic E-state index is -0.127. The highest BCUT2D eigenvalue weighted by Crippen LogP contribution is 2.17. The molecule has 0 aromatic heterocycles. The summed E-state index contributed by atoms with van der Waals surface area (Å²) >= 11 is 0. The summed E-state index contributed by atoms with van der Waals surface area (Å²) in [4.78, 5) is 0. The summed E-state index contributed by atoms with van der Waals surface area (Å²) in [5.41, 5.74) is 0. The molecule has 1 heterocycles. The predicted molar refractivity (Wildman–Crippen MR) is 39.7 cm³/mol. The Labute approximate surface area is 56.8 Å². The van der Waals surface area contributed by atoms with Crippen LogP contribution in [0.4, 0.5) is 0 Å². The molecule has 1 unspecified atom stereocenters. The number of hydrogen-bond acceptors (Lipinski definition) is 2. The Bertz CT molecular complexity index is 81.1. The lowest BCUT2D eigenvalue weighted by atomic mass is 9.56. The van der Waals surface area contributed by atoms with Crippen molar-refractivity contribution in [3.8, 4) is 0 Å². The van der Waals surface area contributed by atoms with Gasteiger partial charge in [0.15, 0.2) is 0 Å². The van der Waals surface area contributed by atoms with Gasteiger partial charge in [0, 0.05) is 0 Å². The van der Waals surface area contributed by atoms with Gasteiger partial charge in [-0.3, -0.25) is 0 Å². The van der Waals surface area contributed by atoms with Gasteiger partial charge in [-0.2, -0.15) is 0 Å². The van der Waals surface area contributed by atoms with E-state index in [1.807, 2.05) is 6.82 Å². The van der Waals surface area contributed by atoms with Crippen molar-refractivity contribution in [2.24, 2.45) is 0 Å². The first-order chi connectivity index (χ1) is 4.30. The monoisotopic (exact) mass is 127 g/mol. The van der Waals surface area contributed by atoms with Crippen LogP contribution in [0, 0.1) is 0 Å². The van der Waals surface area contributed by atoms with Crippen molar-refractivity contribution in [1.82, 2.24) is 5.32 Å². The molecule has 3 heteroatoms. The highest BCUT2D eigenvalue weighted by molar-refractivity contribution is 6.50. The van der Waals surface area contributed by atoms with Crippen LogP contribution in [-0.2, 0) is 0 Å². The van der Waals surface area contributed by atoms with Gasteiger partial charge in [0.1, 0.15) is 0 Å². The zero-order valence-electron chi connectivity index (χ0n) is 5.93. The van der Waals surface area contributed by atoms with Crippen LogP contribution in [0.2, 0.25) is 12.6 Å². The van der Waals surface area contributed by atoms with Gasteiger partial charge in [0.25, 0.3) is 6.92 Å². The van der Waals surface area contributed by atoms with Crippen LogP contribution in [0.1, 0.15) is 12.8 Å². The molecule has 9 heavy (non-hydrogen) atoms. The second-order valence-corrected chi connectivity index (χ2v) is 2.85. The summed E-state index contributed by atoms with van der Waals surface area (Å²) < 4.78 is 0. The average Bonchev–Trinajstić information content (AvgIpc) is 1.90. The van der Waals surface area contributed by atoms with Crippen LogP contribution < -0.4 is 5.32 Å². The molecular weight excluding hydrogens is 113 g/mol. The molecule has 1 aliphatic rings. The molecule has 0 aliphatic carbocycles. The molecule has 0 saturated carbocycles. The van der Waals surface area contributed by atoms with Gasteiger partial charge in [-0.15, -0.1) is 0 Å². The first kappa shape index (κ1) is 7.10. The van der Waals surface area contributed by atoms with Gasteiger partial charge in [-0.05, 0) is 25.3 Å². The van der Waals surface area contributed by atoms with E-state index in [0.29, 0.717) is 5.82 Å². The van der Waals surface area contributed by atoms with Crippen molar-refractivity contribution in [3.05, 3.63) is 0 Å². The Morgan fingerprint density at radius 1 is 1.67 bits per heavy atom. The van der Waals surface area contributed by atoms with Crippen molar-refractivity contribution in [1.29, 1.82) is 0 Å². The first-order valence-electron chi connectivity index (χ1n) is 3.69. The largest absolute Gasteiger partial charge is 0.450 e. The molecule has 1 atom stereocenters. The lowest BCUT2D eigenvalue weighted by Gasteiger charge is -2.22. The van der Waals surface area contributed by atoms with Crippen molar-refractivity contribution in [2.75, 3.05) is 13.1 Å². The summed E-state index contributed by atoms with van der Waals surface area (Å²) in [5.74, 6) is 0.499. The van der Waals surface area contributed by atoms with Crippen molar-refractivity contribution in [3.63, 3.8) is 0 Å². The van der Waals surface area contributed by atoms with E-state index in [4.69, 9.17) is 5.02 Å². The number of piperidine rings is 1. The van der Waals surface area contributed by atoms with E-state index >= 15 is 0 Å². The SMILES string of the molecule is CB(O)C1CCCNC1. The van der Waals surface area contributed by atoms with E-state index in [1.165, 1.54) is 12.8 Å². The van der Waals surface area contributed by atoms with E-state index in [2.05, 4.69) is 5.32 Å². The van der Waals surface area contributed by atoms with Crippen LogP contribution >= 0.6 is 0 Å². The minimum Gasteiger partial charge on any atom is -0.450 e. The highest BCUT2D eigenvalue weighted by atomic mass is 16.2. The smallest absolute Gasteiger partial charge is 0.290 e. The van der Waals surface area contributed by atoms with Gasteiger partial charge in [0.05, 0.1) is 0 Å². The topological polar surface area (TPSA) is 32.3 Å². The summed E-state index contributed by atoms with van der Waals surface area (Å²) in [6, 6.07) is 0. The normalized spacial score (nSPS) is 28.0. The third-order valence-electron chi connectivity index (χ3n) is 2.02. The summed E-state index contributed by atoms with van der Waals surface area (Å²) in [5, 5.41) is 12.4. The maximum Gasteiger partial charge on any atom is 0.290 e. The van der Waals surface area contributed by atoms with Gasteiger partial charge in [-0.25, -0.2) is 0 Å². The molecule has 1 aliphatic heterocycles. The van der Waals surface area contributed by atoms with E-state index in [9.17, 15) is 0 Å². The molecule has 1 rings (SSSR count). The number of nitrogens with one attached hydrogen (secondary N) is 1. The Morgan fingerprint density at radius 3 is 2.78 bits per heavy atom. The molecule has 0 aromatic rings. The first-order valence-corrected chi connectivity index (χ1v) is 3.69. The molecule has 2 nitrogen and oxygen atoms in total. The van der Waals surface area contributed by atoms with Crippen LogP contribution in [0.3, 0.4) is 0 Å². The fourth-order valence-electron chi connectivity index (χ4n) is 1.29. The van der Waals surface area contributed by atoms with E-state index < -0.39 is 0 Å². The Balaban J connectivity index is 2.23.